The molecule has 1 N–H and O–H groups in total. The van der Waals surface area contributed by atoms with Crippen molar-refractivity contribution in [2.45, 2.75) is 20.3 Å². The number of nitrogens with zero attached hydrogens (tertiary/aromatic N) is 3. The van der Waals surface area contributed by atoms with E-state index in [1.165, 1.54) is 0 Å². The predicted molar refractivity (Wildman–Crippen MR) is 75.5 cm³/mol. The highest BCUT2D eigenvalue weighted by Gasteiger charge is 2.13. The Labute approximate surface area is 114 Å². The first-order valence-electron chi connectivity index (χ1n) is 5.77. The van der Waals surface area contributed by atoms with Crippen LogP contribution in [0, 0.1) is 6.92 Å². The molecule has 0 saturated heterocycles. The van der Waals surface area contributed by atoms with Gasteiger partial charge >= 0.3 is 0 Å². The Kier molecular flexibility index (Phi) is 4.62. The van der Waals surface area contributed by atoms with Gasteiger partial charge in [0.25, 0.3) is 0 Å². The van der Waals surface area contributed by atoms with Crippen molar-refractivity contribution in [2.24, 2.45) is 0 Å². The van der Waals surface area contributed by atoms with Gasteiger partial charge in [0.2, 0.25) is 5.13 Å². The van der Waals surface area contributed by atoms with Crippen LogP contribution in [-0.4, -0.2) is 35.4 Å². The monoisotopic (exact) mass is 284 g/mol. The van der Waals surface area contributed by atoms with E-state index in [0.717, 1.165) is 38.7 Å². The molecule has 0 amide bonds. The topological polar surface area (TPSA) is 59.9 Å². The first-order valence-corrected chi connectivity index (χ1v) is 7.41. The number of hydrogen-bond acceptors (Lipinski definition) is 7. The minimum Gasteiger partial charge on any atom is -0.383 e. The molecule has 2 rings (SSSR count). The van der Waals surface area contributed by atoms with Crippen LogP contribution < -0.4 is 5.32 Å². The normalized spacial score (nSPS) is 10.8. The van der Waals surface area contributed by atoms with Crippen LogP contribution in [0.1, 0.15) is 17.6 Å². The molecular weight excluding hydrogens is 268 g/mol. The van der Waals surface area contributed by atoms with Gasteiger partial charge in [0.15, 0.2) is 5.01 Å². The van der Waals surface area contributed by atoms with Gasteiger partial charge in [-0.25, -0.2) is 4.98 Å². The molecule has 98 valence electrons. The Morgan fingerprint density at radius 1 is 1.28 bits per heavy atom. The van der Waals surface area contributed by atoms with E-state index in [4.69, 9.17) is 4.74 Å². The molecule has 2 aromatic heterocycles. The summed E-state index contributed by atoms with van der Waals surface area (Å²) in [6.45, 7) is 5.53. The van der Waals surface area contributed by atoms with Crippen molar-refractivity contribution in [3.05, 3.63) is 10.7 Å². The Balaban J connectivity index is 2.11. The van der Waals surface area contributed by atoms with Crippen LogP contribution in [0.2, 0.25) is 0 Å². The number of aromatic nitrogens is 3. The molecule has 0 atom stereocenters. The molecule has 0 aliphatic carbocycles. The Morgan fingerprint density at radius 3 is 2.78 bits per heavy atom. The van der Waals surface area contributed by atoms with Gasteiger partial charge in [-0.1, -0.05) is 18.3 Å². The van der Waals surface area contributed by atoms with Crippen molar-refractivity contribution in [1.82, 2.24) is 15.2 Å². The summed E-state index contributed by atoms with van der Waals surface area (Å²) in [4.78, 5) is 5.64. The quantitative estimate of drug-likeness (QED) is 0.826. The van der Waals surface area contributed by atoms with Crippen molar-refractivity contribution in [2.75, 3.05) is 25.6 Å². The summed E-state index contributed by atoms with van der Waals surface area (Å²) in [5.74, 6) is 0. The molecule has 0 radical (unpaired) electrons. The van der Waals surface area contributed by atoms with E-state index in [9.17, 15) is 0 Å². The Morgan fingerprint density at radius 2 is 2.11 bits per heavy atom. The first kappa shape index (κ1) is 13.4. The highest BCUT2D eigenvalue weighted by atomic mass is 32.1. The summed E-state index contributed by atoms with van der Waals surface area (Å²) in [5, 5.41) is 14.4. The number of methoxy groups -OCH3 is 1. The van der Waals surface area contributed by atoms with Gasteiger partial charge in [0, 0.05) is 13.7 Å². The Bertz CT molecular complexity index is 509. The fourth-order valence-corrected chi connectivity index (χ4v) is 3.34. The lowest BCUT2D eigenvalue weighted by molar-refractivity contribution is 0.211. The van der Waals surface area contributed by atoms with Crippen LogP contribution in [-0.2, 0) is 11.2 Å². The third kappa shape index (κ3) is 3.04. The molecule has 0 spiro atoms. The second-order valence-electron chi connectivity index (χ2n) is 3.71. The van der Waals surface area contributed by atoms with Gasteiger partial charge in [-0.05, 0) is 13.3 Å². The molecule has 0 aliphatic rings. The molecule has 2 heterocycles. The molecule has 18 heavy (non-hydrogen) atoms. The fourth-order valence-electron chi connectivity index (χ4n) is 1.45. The number of hydrogen-bond donors (Lipinski definition) is 1. The van der Waals surface area contributed by atoms with Crippen molar-refractivity contribution >= 4 is 27.8 Å². The molecule has 0 fully saturated rings. The van der Waals surface area contributed by atoms with Crippen LogP contribution in [0.15, 0.2) is 0 Å². The molecule has 0 bridgehead atoms. The van der Waals surface area contributed by atoms with Gasteiger partial charge in [0.05, 0.1) is 22.2 Å². The summed E-state index contributed by atoms with van der Waals surface area (Å²) >= 11 is 3.25. The fraction of sp³-hybridized carbons (Fsp3) is 0.545. The number of nitrogens with one attached hydrogen (secondary N) is 1. The number of aryl methyl sites for hydroxylation is 2. The van der Waals surface area contributed by atoms with Gasteiger partial charge in [-0.15, -0.1) is 21.5 Å². The van der Waals surface area contributed by atoms with E-state index in [1.54, 1.807) is 29.8 Å². The van der Waals surface area contributed by atoms with E-state index in [-0.39, 0.29) is 0 Å². The molecule has 5 nitrogen and oxygen atoms in total. The van der Waals surface area contributed by atoms with Gasteiger partial charge in [0.1, 0.15) is 0 Å². The SMILES string of the molecule is CCc1nc(C)c(-c2nnc(NCCOC)s2)s1. The largest absolute Gasteiger partial charge is 0.383 e. The lowest BCUT2D eigenvalue weighted by atomic mass is 10.4. The zero-order valence-electron chi connectivity index (χ0n) is 10.7. The third-order valence-corrected chi connectivity index (χ3v) is 4.68. The maximum Gasteiger partial charge on any atom is 0.206 e. The predicted octanol–water partition coefficient (Wildman–Crippen LogP) is 2.59. The number of ether oxygens (including phenoxy) is 1. The van der Waals surface area contributed by atoms with Crippen LogP contribution in [0.4, 0.5) is 5.13 Å². The summed E-state index contributed by atoms with van der Waals surface area (Å²) < 4.78 is 4.98. The summed E-state index contributed by atoms with van der Waals surface area (Å²) in [5.41, 5.74) is 1.04. The third-order valence-electron chi connectivity index (χ3n) is 2.34. The highest BCUT2D eigenvalue weighted by Crippen LogP contribution is 2.33. The summed E-state index contributed by atoms with van der Waals surface area (Å²) in [6.07, 6.45) is 0.962. The maximum absolute atomic E-state index is 4.98. The zero-order valence-corrected chi connectivity index (χ0v) is 12.3. The standard InChI is InChI=1S/C11H16N4OS2/c1-4-8-13-7(2)9(17-8)10-14-15-11(18-10)12-5-6-16-3/h4-6H2,1-3H3,(H,12,15). The number of rotatable bonds is 6. The summed E-state index contributed by atoms with van der Waals surface area (Å²) in [6, 6.07) is 0. The summed E-state index contributed by atoms with van der Waals surface area (Å²) in [7, 11) is 1.68. The van der Waals surface area contributed by atoms with Crippen molar-refractivity contribution in [3.63, 3.8) is 0 Å². The zero-order chi connectivity index (χ0) is 13.0. The van der Waals surface area contributed by atoms with E-state index in [1.807, 2.05) is 6.92 Å². The van der Waals surface area contributed by atoms with Crippen molar-refractivity contribution in [1.29, 1.82) is 0 Å². The minimum absolute atomic E-state index is 0.661. The van der Waals surface area contributed by atoms with Crippen LogP contribution in [0.5, 0.6) is 0 Å². The molecule has 2 aromatic rings. The van der Waals surface area contributed by atoms with E-state index in [2.05, 4.69) is 27.4 Å². The van der Waals surface area contributed by atoms with Crippen molar-refractivity contribution in [3.8, 4) is 9.88 Å². The van der Waals surface area contributed by atoms with Gasteiger partial charge < -0.3 is 10.1 Å². The molecule has 7 heteroatoms. The average Bonchev–Trinajstić information content (AvgIpc) is 2.96. The smallest absolute Gasteiger partial charge is 0.206 e. The van der Waals surface area contributed by atoms with Crippen LogP contribution >= 0.6 is 22.7 Å². The lowest BCUT2D eigenvalue weighted by Crippen LogP contribution is -2.06. The highest BCUT2D eigenvalue weighted by molar-refractivity contribution is 7.23. The maximum atomic E-state index is 4.98. The van der Waals surface area contributed by atoms with Crippen LogP contribution in [0.3, 0.4) is 0 Å². The van der Waals surface area contributed by atoms with E-state index >= 15 is 0 Å². The molecular formula is C11H16N4OS2. The van der Waals surface area contributed by atoms with E-state index < -0.39 is 0 Å². The number of thiazole rings is 1. The molecule has 0 saturated carbocycles. The minimum atomic E-state index is 0.661. The van der Waals surface area contributed by atoms with E-state index in [0.29, 0.717) is 6.61 Å². The lowest BCUT2D eigenvalue weighted by Gasteiger charge is -1.98. The van der Waals surface area contributed by atoms with Crippen molar-refractivity contribution < 1.29 is 4.74 Å². The molecule has 0 aromatic carbocycles. The first-order chi connectivity index (χ1) is 8.74. The second-order valence-corrected chi connectivity index (χ2v) is 5.77. The molecule has 0 unspecified atom stereocenters. The van der Waals surface area contributed by atoms with Gasteiger partial charge in [-0.3, -0.25) is 0 Å². The second kappa shape index (κ2) is 6.21. The van der Waals surface area contributed by atoms with Crippen LogP contribution in [0.25, 0.3) is 9.88 Å². The molecule has 0 aliphatic heterocycles. The Hall–Kier alpha value is -1.05. The average molecular weight is 284 g/mol. The van der Waals surface area contributed by atoms with Gasteiger partial charge in [-0.2, -0.15) is 0 Å². The number of anilines is 1.